The minimum Gasteiger partial charge on any atom is -0.357 e. The Morgan fingerprint density at radius 2 is 2.15 bits per heavy atom. The number of fused-ring (bicyclic) bond motifs is 1. The van der Waals surface area contributed by atoms with E-state index in [-0.39, 0.29) is 17.5 Å². The molecule has 1 amide bonds. The largest absolute Gasteiger partial charge is 0.357 e. The number of aryl methyl sites for hydroxylation is 2. The van der Waals surface area contributed by atoms with Crippen molar-refractivity contribution in [3.63, 3.8) is 0 Å². The number of carbonyl (C=O) groups excluding carboxylic acids is 1. The SMILES string of the molecule is CCN(CC)c1ncccc1CNC(=O)[C@@H]1CCc2nn(C)c(=O)n2C1. The summed E-state index contributed by atoms with van der Waals surface area (Å²) < 4.78 is 2.95. The molecular weight excluding hydrogens is 332 g/mol. The third kappa shape index (κ3) is 3.49. The average molecular weight is 358 g/mol. The number of rotatable bonds is 6. The van der Waals surface area contributed by atoms with Crippen LogP contribution in [0.4, 0.5) is 5.82 Å². The molecule has 1 atom stereocenters. The standard InChI is InChI=1S/C18H26N6O2/c1-4-23(5-2)16-13(7-6-10-19-16)11-20-17(25)14-8-9-15-21-22(3)18(26)24(15)12-14/h6-7,10,14H,4-5,8-9,11-12H2,1-3H3,(H,20,25)/t14-/m1/s1. The fraction of sp³-hybridized carbons (Fsp3) is 0.556. The van der Waals surface area contributed by atoms with Gasteiger partial charge in [0.1, 0.15) is 11.6 Å². The molecule has 8 nitrogen and oxygen atoms in total. The Bertz CT molecular complexity index is 836. The fourth-order valence-corrected chi connectivity index (χ4v) is 3.46. The van der Waals surface area contributed by atoms with Crippen LogP contribution in [-0.2, 0) is 31.4 Å². The number of amides is 1. The van der Waals surface area contributed by atoms with Gasteiger partial charge in [-0.05, 0) is 26.3 Å². The highest BCUT2D eigenvalue weighted by Crippen LogP contribution is 2.19. The molecule has 2 aromatic rings. The number of anilines is 1. The van der Waals surface area contributed by atoms with Crippen molar-refractivity contribution in [3.05, 3.63) is 40.2 Å². The lowest BCUT2D eigenvalue weighted by molar-refractivity contribution is -0.126. The van der Waals surface area contributed by atoms with Crippen LogP contribution in [0.15, 0.2) is 23.1 Å². The molecule has 0 fully saturated rings. The average Bonchev–Trinajstić information content (AvgIpc) is 2.95. The smallest absolute Gasteiger partial charge is 0.345 e. The minimum absolute atomic E-state index is 0.0271. The summed E-state index contributed by atoms with van der Waals surface area (Å²) in [6.45, 7) is 6.73. The van der Waals surface area contributed by atoms with E-state index in [1.807, 2.05) is 12.1 Å². The van der Waals surface area contributed by atoms with Crippen LogP contribution in [0.5, 0.6) is 0 Å². The van der Waals surface area contributed by atoms with Crippen molar-refractivity contribution in [2.75, 3.05) is 18.0 Å². The van der Waals surface area contributed by atoms with Crippen LogP contribution in [0.2, 0.25) is 0 Å². The van der Waals surface area contributed by atoms with E-state index in [0.717, 1.165) is 30.3 Å². The van der Waals surface area contributed by atoms with E-state index in [4.69, 9.17) is 0 Å². The molecule has 3 rings (SSSR count). The van der Waals surface area contributed by atoms with Gasteiger partial charge in [-0.1, -0.05) is 6.07 Å². The number of nitrogens with one attached hydrogen (secondary N) is 1. The van der Waals surface area contributed by atoms with Crippen molar-refractivity contribution in [2.45, 2.75) is 39.8 Å². The van der Waals surface area contributed by atoms with E-state index in [1.165, 1.54) is 4.68 Å². The third-order valence-corrected chi connectivity index (χ3v) is 4.96. The molecule has 1 aliphatic rings. The van der Waals surface area contributed by atoms with Gasteiger partial charge in [0.15, 0.2) is 0 Å². The Labute approximate surface area is 152 Å². The normalized spacial score (nSPS) is 16.2. The highest BCUT2D eigenvalue weighted by atomic mass is 16.2. The molecule has 0 unspecified atom stereocenters. The number of nitrogens with zero attached hydrogens (tertiary/aromatic N) is 5. The Kier molecular flexibility index (Phi) is 5.39. The number of hydrogen-bond acceptors (Lipinski definition) is 5. The molecule has 0 saturated heterocycles. The van der Waals surface area contributed by atoms with Gasteiger partial charge in [-0.2, -0.15) is 5.10 Å². The molecular formula is C18H26N6O2. The Balaban J connectivity index is 1.67. The van der Waals surface area contributed by atoms with Crippen LogP contribution >= 0.6 is 0 Å². The molecule has 0 spiro atoms. The first-order valence-electron chi connectivity index (χ1n) is 9.14. The summed E-state index contributed by atoms with van der Waals surface area (Å²) in [5.41, 5.74) is 0.841. The van der Waals surface area contributed by atoms with Gasteiger partial charge in [0, 0.05) is 51.4 Å². The molecule has 1 N–H and O–H groups in total. The molecule has 0 radical (unpaired) electrons. The summed E-state index contributed by atoms with van der Waals surface area (Å²) in [7, 11) is 1.64. The maximum atomic E-state index is 12.6. The summed E-state index contributed by atoms with van der Waals surface area (Å²) in [6, 6.07) is 3.88. The predicted molar refractivity (Wildman–Crippen MR) is 98.9 cm³/mol. The second kappa shape index (κ2) is 7.72. The zero-order valence-electron chi connectivity index (χ0n) is 15.6. The van der Waals surface area contributed by atoms with Crippen LogP contribution in [0.3, 0.4) is 0 Å². The predicted octanol–water partition coefficient (Wildman–Crippen LogP) is 0.702. The van der Waals surface area contributed by atoms with Crippen molar-refractivity contribution in [1.82, 2.24) is 24.6 Å². The summed E-state index contributed by atoms with van der Waals surface area (Å²) in [6.07, 6.45) is 3.13. The first-order chi connectivity index (χ1) is 12.5. The maximum Gasteiger partial charge on any atom is 0.345 e. The van der Waals surface area contributed by atoms with Gasteiger partial charge >= 0.3 is 5.69 Å². The molecule has 0 bridgehead atoms. The van der Waals surface area contributed by atoms with Crippen LogP contribution in [0.25, 0.3) is 0 Å². The van der Waals surface area contributed by atoms with Crippen molar-refractivity contribution in [1.29, 1.82) is 0 Å². The summed E-state index contributed by atoms with van der Waals surface area (Å²) in [5, 5.41) is 7.23. The van der Waals surface area contributed by atoms with Crippen LogP contribution in [0, 0.1) is 5.92 Å². The van der Waals surface area contributed by atoms with Crippen molar-refractivity contribution >= 4 is 11.7 Å². The molecule has 0 aliphatic carbocycles. The molecule has 140 valence electrons. The summed E-state index contributed by atoms with van der Waals surface area (Å²) in [4.78, 5) is 31.3. The van der Waals surface area contributed by atoms with E-state index >= 15 is 0 Å². The minimum atomic E-state index is -0.210. The van der Waals surface area contributed by atoms with E-state index in [9.17, 15) is 9.59 Å². The Morgan fingerprint density at radius 3 is 2.88 bits per heavy atom. The van der Waals surface area contributed by atoms with Gasteiger partial charge in [0.25, 0.3) is 0 Å². The summed E-state index contributed by atoms with van der Waals surface area (Å²) >= 11 is 0. The van der Waals surface area contributed by atoms with Crippen LogP contribution in [0.1, 0.15) is 31.7 Å². The molecule has 26 heavy (non-hydrogen) atoms. The lowest BCUT2D eigenvalue weighted by Crippen LogP contribution is -2.38. The zero-order chi connectivity index (χ0) is 18.7. The first-order valence-corrected chi connectivity index (χ1v) is 9.14. The second-order valence-corrected chi connectivity index (χ2v) is 6.54. The Morgan fingerprint density at radius 1 is 1.38 bits per heavy atom. The molecule has 8 heteroatoms. The van der Waals surface area contributed by atoms with Gasteiger partial charge in [-0.15, -0.1) is 0 Å². The number of carbonyl (C=O) groups is 1. The van der Waals surface area contributed by atoms with E-state index in [2.05, 4.69) is 34.1 Å². The quantitative estimate of drug-likeness (QED) is 0.822. The van der Waals surface area contributed by atoms with Crippen molar-refractivity contribution in [3.8, 4) is 0 Å². The van der Waals surface area contributed by atoms with Gasteiger partial charge < -0.3 is 10.2 Å². The van der Waals surface area contributed by atoms with Gasteiger partial charge in [0.05, 0.1) is 5.92 Å². The van der Waals surface area contributed by atoms with Gasteiger partial charge in [-0.3, -0.25) is 9.36 Å². The molecule has 1 aliphatic heterocycles. The highest BCUT2D eigenvalue weighted by Gasteiger charge is 2.27. The van der Waals surface area contributed by atoms with E-state index in [0.29, 0.717) is 25.9 Å². The lowest BCUT2D eigenvalue weighted by atomic mass is 9.98. The van der Waals surface area contributed by atoms with Crippen LogP contribution in [-0.4, -0.2) is 38.3 Å². The highest BCUT2D eigenvalue weighted by molar-refractivity contribution is 5.78. The number of aromatic nitrogens is 4. The number of pyridine rings is 1. The monoisotopic (exact) mass is 358 g/mol. The lowest BCUT2D eigenvalue weighted by Gasteiger charge is -2.24. The maximum absolute atomic E-state index is 12.6. The molecule has 0 aromatic carbocycles. The topological polar surface area (TPSA) is 85.1 Å². The molecule has 2 aromatic heterocycles. The second-order valence-electron chi connectivity index (χ2n) is 6.54. The van der Waals surface area contributed by atoms with Crippen LogP contribution < -0.4 is 15.9 Å². The fourth-order valence-electron chi connectivity index (χ4n) is 3.46. The number of hydrogen-bond donors (Lipinski definition) is 1. The zero-order valence-corrected chi connectivity index (χ0v) is 15.6. The van der Waals surface area contributed by atoms with E-state index < -0.39 is 0 Å². The molecule has 3 heterocycles. The van der Waals surface area contributed by atoms with Crippen molar-refractivity contribution in [2.24, 2.45) is 13.0 Å². The van der Waals surface area contributed by atoms with Gasteiger partial charge in [-0.25, -0.2) is 14.5 Å². The third-order valence-electron chi connectivity index (χ3n) is 4.96. The Hall–Kier alpha value is -2.64. The first kappa shape index (κ1) is 18.2. The summed E-state index contributed by atoms with van der Waals surface area (Å²) in [5.74, 6) is 1.43. The molecule has 0 saturated carbocycles. The van der Waals surface area contributed by atoms with Gasteiger partial charge in [0.2, 0.25) is 5.91 Å². The van der Waals surface area contributed by atoms with Crippen molar-refractivity contribution < 1.29 is 4.79 Å². The van der Waals surface area contributed by atoms with E-state index in [1.54, 1.807) is 17.8 Å².